The fourth-order valence-electron chi connectivity index (χ4n) is 6.50. The van der Waals surface area contributed by atoms with Gasteiger partial charge in [-0.15, -0.1) is 11.3 Å². The molecule has 6 aromatic rings. The molecule has 0 spiro atoms. The first-order valence-electron chi connectivity index (χ1n) is 17.4. The minimum Gasteiger partial charge on any atom is -0.368 e. The Morgan fingerprint density at radius 1 is 0.647 bits per heavy atom. The van der Waals surface area contributed by atoms with Crippen molar-refractivity contribution in [3.05, 3.63) is 178 Å². The van der Waals surface area contributed by atoms with Gasteiger partial charge in [-0.05, 0) is 58.5 Å². The zero-order chi connectivity index (χ0) is 34.8. The Kier molecular flexibility index (Phi) is 12.0. The summed E-state index contributed by atoms with van der Waals surface area (Å²) in [6.07, 6.45) is 3.01. The summed E-state index contributed by atoms with van der Waals surface area (Å²) in [4.78, 5) is 11.0. The Balaban J connectivity index is 1.22. The quantitative estimate of drug-likeness (QED) is 0.112. The van der Waals surface area contributed by atoms with E-state index in [1.165, 1.54) is 4.88 Å². The van der Waals surface area contributed by atoms with Gasteiger partial charge in [0, 0.05) is 28.7 Å². The van der Waals surface area contributed by atoms with Gasteiger partial charge in [0.2, 0.25) is 0 Å². The van der Waals surface area contributed by atoms with E-state index >= 15 is 0 Å². The monoisotopic (exact) mass is 716 g/mol. The summed E-state index contributed by atoms with van der Waals surface area (Å²) in [5.41, 5.74) is 5.26. The molecule has 0 radical (unpaired) electrons. The van der Waals surface area contributed by atoms with Crippen LogP contribution in [0.4, 0.5) is 0 Å². The second-order valence-corrected chi connectivity index (χ2v) is 14.2. The van der Waals surface area contributed by atoms with Crippen molar-refractivity contribution in [2.75, 3.05) is 0 Å². The number of aromatic nitrogens is 2. The summed E-state index contributed by atoms with van der Waals surface area (Å²) in [5, 5.41) is 0.704. The van der Waals surface area contributed by atoms with E-state index in [-0.39, 0.29) is 12.2 Å². The average Bonchev–Trinajstić information content (AvgIpc) is 3.66. The number of hydrogen-bond acceptors (Lipinski definition) is 7. The molecule has 51 heavy (non-hydrogen) atoms. The van der Waals surface area contributed by atoms with Crippen LogP contribution in [0.2, 0.25) is 5.02 Å². The van der Waals surface area contributed by atoms with E-state index in [1.54, 1.807) is 23.7 Å². The van der Waals surface area contributed by atoms with E-state index in [9.17, 15) is 0 Å². The van der Waals surface area contributed by atoms with Gasteiger partial charge in [-0.25, -0.2) is 9.97 Å². The molecule has 0 amide bonds. The average molecular weight is 717 g/mol. The Hall–Kier alpha value is -4.21. The van der Waals surface area contributed by atoms with Crippen molar-refractivity contribution in [1.82, 2.24) is 9.97 Å². The number of thiophene rings is 1. The standard InChI is InChI=1S/C43H41ClN2O4S/c1-2-37-40(47-27-30-13-6-3-7-14-30)42(49-29-32-17-10-5-11-18-32)41(48-28-31-15-8-4-9-16-31)39(50-37)33-19-21-36(44)34(25-33)26-35-20-22-38(51-35)43-45-23-12-24-46-43/h3-25,37,39-42H,2,26-29H2,1H3/t37-,39?,40-,41+,42+/m1/s1. The predicted molar refractivity (Wildman–Crippen MR) is 203 cm³/mol. The molecule has 5 atom stereocenters. The molecule has 1 aliphatic heterocycles. The first kappa shape index (κ1) is 35.2. The molecule has 6 nitrogen and oxygen atoms in total. The number of nitrogens with zero attached hydrogens (tertiary/aromatic N) is 2. The van der Waals surface area contributed by atoms with Crippen molar-refractivity contribution in [3.8, 4) is 10.7 Å². The lowest BCUT2D eigenvalue weighted by Gasteiger charge is -2.46. The van der Waals surface area contributed by atoms with Crippen molar-refractivity contribution in [1.29, 1.82) is 0 Å². The molecule has 0 N–H and O–H groups in total. The number of halogens is 1. The molecule has 2 aromatic heterocycles. The molecule has 0 saturated carbocycles. The first-order valence-corrected chi connectivity index (χ1v) is 18.6. The van der Waals surface area contributed by atoms with E-state index in [4.69, 9.17) is 30.5 Å². The zero-order valence-corrected chi connectivity index (χ0v) is 30.1. The minimum absolute atomic E-state index is 0.235. The molecule has 8 heteroatoms. The smallest absolute Gasteiger partial charge is 0.169 e. The zero-order valence-electron chi connectivity index (χ0n) is 28.5. The highest BCUT2D eigenvalue weighted by atomic mass is 35.5. The van der Waals surface area contributed by atoms with Crippen molar-refractivity contribution in [3.63, 3.8) is 0 Å². The lowest BCUT2D eigenvalue weighted by atomic mass is 9.88. The minimum atomic E-state index is -0.477. The van der Waals surface area contributed by atoms with E-state index in [0.29, 0.717) is 31.3 Å². The maximum absolute atomic E-state index is 7.03. The van der Waals surface area contributed by atoms with Gasteiger partial charge in [-0.2, -0.15) is 0 Å². The topological polar surface area (TPSA) is 62.7 Å². The van der Waals surface area contributed by atoms with Crippen LogP contribution in [0.25, 0.3) is 10.7 Å². The van der Waals surface area contributed by atoms with Crippen LogP contribution in [-0.4, -0.2) is 34.4 Å². The summed E-state index contributed by atoms with van der Waals surface area (Å²) in [6.45, 7) is 3.40. The van der Waals surface area contributed by atoms with Crippen LogP contribution in [0.15, 0.2) is 140 Å². The third-order valence-corrected chi connectivity index (χ3v) is 10.6. The van der Waals surface area contributed by atoms with Gasteiger partial charge >= 0.3 is 0 Å². The number of rotatable bonds is 14. The summed E-state index contributed by atoms with van der Waals surface area (Å²) in [6, 6.07) is 42.9. The van der Waals surface area contributed by atoms with E-state index < -0.39 is 18.3 Å². The lowest BCUT2D eigenvalue weighted by Crippen LogP contribution is -2.57. The predicted octanol–water partition coefficient (Wildman–Crippen LogP) is 10.1. The Morgan fingerprint density at radius 3 is 1.80 bits per heavy atom. The third-order valence-electron chi connectivity index (χ3n) is 9.10. The van der Waals surface area contributed by atoms with Gasteiger partial charge in [0.25, 0.3) is 0 Å². The first-order chi connectivity index (χ1) is 25.1. The highest BCUT2D eigenvalue weighted by Crippen LogP contribution is 2.40. The van der Waals surface area contributed by atoms with E-state index in [2.05, 4.69) is 77.6 Å². The molecule has 4 aromatic carbocycles. The van der Waals surface area contributed by atoms with Crippen LogP contribution in [0.5, 0.6) is 0 Å². The SMILES string of the molecule is CC[C@H]1OC(c2ccc(Cl)c(Cc3ccc(-c4ncccn4)s3)c2)[C@H](OCc2ccccc2)[C@@H](OCc2ccccc2)[C@@H]1OCc1ccccc1. The number of hydrogen-bond donors (Lipinski definition) is 0. The summed E-state index contributed by atoms with van der Waals surface area (Å²) < 4.78 is 27.5. The lowest BCUT2D eigenvalue weighted by molar-refractivity contribution is -0.267. The molecule has 1 saturated heterocycles. The molecule has 1 aliphatic rings. The molecule has 260 valence electrons. The van der Waals surface area contributed by atoms with Crippen LogP contribution in [-0.2, 0) is 45.2 Å². The maximum atomic E-state index is 7.03. The van der Waals surface area contributed by atoms with Crippen LogP contribution >= 0.6 is 22.9 Å². The molecular formula is C43H41ClN2O4S. The van der Waals surface area contributed by atoms with Gasteiger partial charge < -0.3 is 18.9 Å². The Labute approximate surface area is 309 Å². The summed E-state index contributed by atoms with van der Waals surface area (Å²) >= 11 is 8.55. The van der Waals surface area contributed by atoms with Gasteiger partial charge in [0.05, 0.1) is 30.8 Å². The normalized spacial score (nSPS) is 20.3. The third kappa shape index (κ3) is 9.00. The maximum Gasteiger partial charge on any atom is 0.169 e. The summed E-state index contributed by atoms with van der Waals surface area (Å²) in [7, 11) is 0. The molecule has 3 heterocycles. The van der Waals surface area contributed by atoms with Crippen molar-refractivity contribution >= 4 is 22.9 Å². The van der Waals surface area contributed by atoms with Crippen LogP contribution in [0.3, 0.4) is 0 Å². The van der Waals surface area contributed by atoms with Crippen LogP contribution < -0.4 is 0 Å². The van der Waals surface area contributed by atoms with Gasteiger partial charge in [-0.1, -0.05) is 122 Å². The van der Waals surface area contributed by atoms with Crippen molar-refractivity contribution < 1.29 is 18.9 Å². The number of benzene rings is 4. The Bertz CT molecular complexity index is 1950. The molecular weight excluding hydrogens is 676 g/mol. The molecule has 0 bridgehead atoms. The molecule has 7 rings (SSSR count). The second kappa shape index (κ2) is 17.3. The molecule has 0 aliphatic carbocycles. The van der Waals surface area contributed by atoms with Crippen LogP contribution in [0, 0.1) is 0 Å². The largest absolute Gasteiger partial charge is 0.368 e. The second-order valence-electron chi connectivity index (χ2n) is 12.7. The Morgan fingerprint density at radius 2 is 1.22 bits per heavy atom. The van der Waals surface area contributed by atoms with Crippen molar-refractivity contribution in [2.24, 2.45) is 0 Å². The van der Waals surface area contributed by atoms with Crippen molar-refractivity contribution in [2.45, 2.75) is 70.1 Å². The summed E-state index contributed by atoms with van der Waals surface area (Å²) in [5.74, 6) is 0.721. The highest BCUT2D eigenvalue weighted by Gasteiger charge is 2.48. The van der Waals surface area contributed by atoms with E-state index in [0.717, 1.165) is 44.9 Å². The van der Waals surface area contributed by atoms with E-state index in [1.807, 2.05) is 66.7 Å². The van der Waals surface area contributed by atoms with Crippen LogP contribution in [0.1, 0.15) is 52.1 Å². The van der Waals surface area contributed by atoms with Gasteiger partial charge in [-0.3, -0.25) is 0 Å². The fraction of sp³-hybridized carbons (Fsp3) is 0.256. The highest BCUT2D eigenvalue weighted by molar-refractivity contribution is 7.15. The fourth-order valence-corrected chi connectivity index (χ4v) is 7.66. The number of ether oxygens (including phenoxy) is 4. The van der Waals surface area contributed by atoms with Gasteiger partial charge in [0.1, 0.15) is 24.4 Å². The molecule has 1 fully saturated rings. The molecule has 1 unspecified atom stereocenters. The van der Waals surface area contributed by atoms with Gasteiger partial charge in [0.15, 0.2) is 5.82 Å².